The molecule has 5 heteroatoms. The minimum atomic E-state index is 0.730. The standard InChI is InChI=1S/C15H17N5/c1-10-11(9-20(2)19-10)7-18-15-4-3-14(16)12-5-6-17-8-13(12)15/h3-6,8-9,18H,7,16H2,1-2H3. The van der Waals surface area contributed by atoms with E-state index in [4.69, 9.17) is 5.73 Å². The van der Waals surface area contributed by atoms with Crippen LogP contribution in [0, 0.1) is 6.92 Å². The molecular formula is C15H17N5. The van der Waals surface area contributed by atoms with E-state index in [9.17, 15) is 0 Å². The van der Waals surface area contributed by atoms with E-state index < -0.39 is 0 Å². The van der Waals surface area contributed by atoms with Crippen molar-refractivity contribution in [1.82, 2.24) is 14.8 Å². The lowest BCUT2D eigenvalue weighted by molar-refractivity contribution is 0.756. The second kappa shape index (κ2) is 4.85. The van der Waals surface area contributed by atoms with Crippen LogP contribution in [-0.2, 0) is 13.6 Å². The van der Waals surface area contributed by atoms with E-state index in [0.717, 1.165) is 34.4 Å². The number of anilines is 2. The van der Waals surface area contributed by atoms with Crippen LogP contribution < -0.4 is 11.1 Å². The molecule has 0 atom stereocenters. The van der Waals surface area contributed by atoms with Crippen molar-refractivity contribution >= 4 is 22.1 Å². The summed E-state index contributed by atoms with van der Waals surface area (Å²) in [4.78, 5) is 4.18. The quantitative estimate of drug-likeness (QED) is 0.715. The Morgan fingerprint density at radius 1 is 1.25 bits per heavy atom. The van der Waals surface area contributed by atoms with E-state index in [1.807, 2.05) is 49.2 Å². The third kappa shape index (κ3) is 2.18. The molecule has 20 heavy (non-hydrogen) atoms. The summed E-state index contributed by atoms with van der Waals surface area (Å²) in [7, 11) is 1.93. The molecule has 0 aliphatic rings. The first kappa shape index (κ1) is 12.5. The Hall–Kier alpha value is -2.56. The highest BCUT2D eigenvalue weighted by Gasteiger charge is 2.06. The van der Waals surface area contributed by atoms with E-state index in [-0.39, 0.29) is 0 Å². The zero-order chi connectivity index (χ0) is 14.1. The Morgan fingerprint density at radius 2 is 2.10 bits per heavy atom. The van der Waals surface area contributed by atoms with E-state index in [1.54, 1.807) is 6.20 Å². The molecule has 0 saturated carbocycles. The molecule has 0 radical (unpaired) electrons. The SMILES string of the molecule is Cc1nn(C)cc1CNc1ccc(N)c2ccncc12. The zero-order valence-corrected chi connectivity index (χ0v) is 11.6. The monoisotopic (exact) mass is 267 g/mol. The number of rotatable bonds is 3. The van der Waals surface area contributed by atoms with Crippen LogP contribution in [0.3, 0.4) is 0 Å². The van der Waals surface area contributed by atoms with Crippen molar-refractivity contribution in [2.24, 2.45) is 7.05 Å². The third-order valence-corrected chi connectivity index (χ3v) is 3.44. The smallest absolute Gasteiger partial charge is 0.0643 e. The van der Waals surface area contributed by atoms with Gasteiger partial charge in [0.25, 0.3) is 0 Å². The molecule has 3 N–H and O–H groups in total. The predicted molar refractivity (Wildman–Crippen MR) is 81.4 cm³/mol. The number of nitrogens with one attached hydrogen (secondary N) is 1. The molecule has 2 aromatic heterocycles. The number of hydrogen-bond donors (Lipinski definition) is 2. The average Bonchev–Trinajstić information content (AvgIpc) is 2.77. The van der Waals surface area contributed by atoms with Crippen molar-refractivity contribution < 1.29 is 0 Å². The number of aromatic nitrogens is 3. The van der Waals surface area contributed by atoms with Crippen LogP contribution in [-0.4, -0.2) is 14.8 Å². The van der Waals surface area contributed by atoms with Gasteiger partial charge in [0.1, 0.15) is 0 Å². The number of hydrogen-bond acceptors (Lipinski definition) is 4. The summed E-state index contributed by atoms with van der Waals surface area (Å²) in [5, 5.41) is 9.84. The molecule has 3 rings (SSSR count). The van der Waals surface area contributed by atoms with E-state index in [1.165, 1.54) is 5.56 Å². The highest BCUT2D eigenvalue weighted by molar-refractivity contribution is 6.00. The van der Waals surface area contributed by atoms with E-state index in [0.29, 0.717) is 0 Å². The maximum Gasteiger partial charge on any atom is 0.0643 e. The lowest BCUT2D eigenvalue weighted by Crippen LogP contribution is -2.01. The molecule has 0 aliphatic carbocycles. The lowest BCUT2D eigenvalue weighted by Gasteiger charge is -2.10. The van der Waals surface area contributed by atoms with Crippen molar-refractivity contribution in [3.05, 3.63) is 48.0 Å². The molecule has 2 heterocycles. The molecule has 0 saturated heterocycles. The molecule has 0 spiro atoms. The molecule has 0 unspecified atom stereocenters. The topological polar surface area (TPSA) is 68.8 Å². The van der Waals surface area contributed by atoms with E-state index >= 15 is 0 Å². The fourth-order valence-corrected chi connectivity index (χ4v) is 2.38. The fourth-order valence-electron chi connectivity index (χ4n) is 2.38. The fraction of sp³-hybridized carbons (Fsp3) is 0.200. The second-order valence-corrected chi connectivity index (χ2v) is 4.89. The Kier molecular flexibility index (Phi) is 3.02. The van der Waals surface area contributed by atoms with Crippen LogP contribution in [0.15, 0.2) is 36.8 Å². The van der Waals surface area contributed by atoms with Gasteiger partial charge < -0.3 is 11.1 Å². The first-order valence-corrected chi connectivity index (χ1v) is 6.50. The van der Waals surface area contributed by atoms with Gasteiger partial charge >= 0.3 is 0 Å². The summed E-state index contributed by atoms with van der Waals surface area (Å²) in [6.45, 7) is 2.74. The highest BCUT2D eigenvalue weighted by atomic mass is 15.2. The molecule has 1 aromatic carbocycles. The van der Waals surface area contributed by atoms with Gasteiger partial charge in [0.2, 0.25) is 0 Å². The lowest BCUT2D eigenvalue weighted by atomic mass is 10.1. The van der Waals surface area contributed by atoms with Crippen molar-refractivity contribution in [2.45, 2.75) is 13.5 Å². The number of nitrogens with two attached hydrogens (primary N) is 1. The summed E-state index contributed by atoms with van der Waals surface area (Å²) in [5.41, 5.74) is 10.0. The van der Waals surface area contributed by atoms with Crippen molar-refractivity contribution in [3.63, 3.8) is 0 Å². The average molecular weight is 267 g/mol. The number of nitrogens with zero attached hydrogens (tertiary/aromatic N) is 3. The summed E-state index contributed by atoms with van der Waals surface area (Å²) in [6.07, 6.45) is 5.62. The van der Waals surface area contributed by atoms with Crippen LogP contribution >= 0.6 is 0 Å². The molecule has 0 fully saturated rings. The van der Waals surface area contributed by atoms with Gasteiger partial charge in [-0.3, -0.25) is 9.67 Å². The minimum absolute atomic E-state index is 0.730. The number of pyridine rings is 1. The Balaban J connectivity index is 1.92. The van der Waals surface area contributed by atoms with Crippen LogP contribution in [0.2, 0.25) is 0 Å². The molecule has 0 aliphatic heterocycles. The van der Waals surface area contributed by atoms with Crippen LogP contribution in [0.25, 0.3) is 10.8 Å². The normalized spacial score (nSPS) is 10.9. The molecule has 102 valence electrons. The predicted octanol–water partition coefficient (Wildman–Crippen LogP) is 2.47. The molecule has 0 bridgehead atoms. The van der Waals surface area contributed by atoms with Crippen molar-refractivity contribution in [3.8, 4) is 0 Å². The first-order valence-electron chi connectivity index (χ1n) is 6.50. The van der Waals surface area contributed by atoms with Crippen molar-refractivity contribution in [2.75, 3.05) is 11.1 Å². The summed E-state index contributed by atoms with van der Waals surface area (Å²) < 4.78 is 1.83. The van der Waals surface area contributed by atoms with Crippen LogP contribution in [0.1, 0.15) is 11.3 Å². The third-order valence-electron chi connectivity index (χ3n) is 3.44. The number of nitrogen functional groups attached to an aromatic ring is 1. The summed E-state index contributed by atoms with van der Waals surface area (Å²) in [6, 6.07) is 5.84. The van der Waals surface area contributed by atoms with Gasteiger partial charge in [-0.1, -0.05) is 0 Å². The van der Waals surface area contributed by atoms with Gasteiger partial charge in [-0.25, -0.2) is 0 Å². The summed E-state index contributed by atoms with van der Waals surface area (Å²) in [5.74, 6) is 0. The molecule has 5 nitrogen and oxygen atoms in total. The van der Waals surface area contributed by atoms with Gasteiger partial charge in [-0.2, -0.15) is 5.10 Å². The van der Waals surface area contributed by atoms with Crippen LogP contribution in [0.4, 0.5) is 11.4 Å². The van der Waals surface area contributed by atoms with Crippen molar-refractivity contribution in [1.29, 1.82) is 0 Å². The maximum atomic E-state index is 5.99. The van der Waals surface area contributed by atoms with Gasteiger partial charge in [0.15, 0.2) is 0 Å². The second-order valence-electron chi connectivity index (χ2n) is 4.89. The molecule has 0 amide bonds. The van der Waals surface area contributed by atoms with Gasteiger partial charge in [-0.05, 0) is 25.1 Å². The highest BCUT2D eigenvalue weighted by Crippen LogP contribution is 2.27. The van der Waals surface area contributed by atoms with Crippen LogP contribution in [0.5, 0.6) is 0 Å². The number of fused-ring (bicyclic) bond motifs is 1. The first-order chi connectivity index (χ1) is 9.65. The molecule has 3 aromatic rings. The number of benzene rings is 1. The largest absolute Gasteiger partial charge is 0.398 e. The Bertz CT molecular complexity index is 760. The minimum Gasteiger partial charge on any atom is -0.398 e. The summed E-state index contributed by atoms with van der Waals surface area (Å²) >= 11 is 0. The van der Waals surface area contributed by atoms with E-state index in [2.05, 4.69) is 15.4 Å². The Labute approximate surface area is 117 Å². The zero-order valence-electron chi connectivity index (χ0n) is 11.6. The van der Waals surface area contributed by atoms with Gasteiger partial charge in [0.05, 0.1) is 5.69 Å². The van der Waals surface area contributed by atoms with Gasteiger partial charge in [-0.15, -0.1) is 0 Å². The Morgan fingerprint density at radius 3 is 2.85 bits per heavy atom. The van der Waals surface area contributed by atoms with Gasteiger partial charge in [0, 0.05) is 59.9 Å². The number of aryl methyl sites for hydroxylation is 2. The maximum absolute atomic E-state index is 5.99. The molecular weight excluding hydrogens is 250 g/mol.